The van der Waals surface area contributed by atoms with Crippen molar-refractivity contribution in [1.29, 1.82) is 0 Å². The Hall–Kier alpha value is -1.77. The summed E-state index contributed by atoms with van der Waals surface area (Å²) < 4.78 is 5.85. The van der Waals surface area contributed by atoms with E-state index in [1.54, 1.807) is 6.92 Å². The Bertz CT molecular complexity index is 781. The highest BCUT2D eigenvalue weighted by Crippen LogP contribution is 2.73. The van der Waals surface area contributed by atoms with E-state index in [2.05, 4.69) is 25.1 Å². The molecule has 0 saturated heterocycles. The lowest BCUT2D eigenvalue weighted by atomic mass is 9.47. The molecular weight excluding hydrogens is 312 g/mol. The maximum atomic E-state index is 11.7. The average molecular weight is 338 g/mol. The molecule has 0 aromatic heterocycles. The number of esters is 1. The minimum Gasteiger partial charge on any atom is -0.508 e. The zero-order valence-corrected chi connectivity index (χ0v) is 15.0. The van der Waals surface area contributed by atoms with Crippen molar-refractivity contribution in [3.05, 3.63) is 41.5 Å². The number of allylic oxidation sites excluding steroid dienone is 1. The Morgan fingerprint density at radius 2 is 2.16 bits per heavy atom. The quantitative estimate of drug-likeness (QED) is 0.612. The van der Waals surface area contributed by atoms with Gasteiger partial charge in [0.05, 0.1) is 0 Å². The van der Waals surface area contributed by atoms with Crippen LogP contribution < -0.4 is 0 Å². The maximum Gasteiger partial charge on any atom is 0.302 e. The zero-order chi connectivity index (χ0) is 17.4. The van der Waals surface area contributed by atoms with Crippen molar-refractivity contribution in [2.24, 2.45) is 22.7 Å². The number of hydrogen-bond donors (Lipinski definition) is 1. The van der Waals surface area contributed by atoms with Crippen molar-refractivity contribution >= 4 is 5.97 Å². The molecular formula is C22H26O3. The van der Waals surface area contributed by atoms with Crippen LogP contribution in [0.25, 0.3) is 0 Å². The van der Waals surface area contributed by atoms with Gasteiger partial charge in [-0.3, -0.25) is 4.79 Å². The molecule has 2 fully saturated rings. The fourth-order valence-corrected chi connectivity index (χ4v) is 6.99. The van der Waals surface area contributed by atoms with Gasteiger partial charge in [0.1, 0.15) is 11.9 Å². The Morgan fingerprint density at radius 3 is 2.96 bits per heavy atom. The minimum absolute atomic E-state index is 0.0390. The van der Waals surface area contributed by atoms with Crippen LogP contribution >= 0.6 is 0 Å². The van der Waals surface area contributed by atoms with Crippen molar-refractivity contribution in [1.82, 2.24) is 0 Å². The molecule has 1 aromatic rings. The second-order valence-electron chi connectivity index (χ2n) is 8.89. The van der Waals surface area contributed by atoms with Crippen LogP contribution in [0.1, 0.15) is 56.6 Å². The summed E-state index contributed by atoms with van der Waals surface area (Å²) in [6, 6.07) is 5.95. The van der Waals surface area contributed by atoms with E-state index >= 15 is 0 Å². The number of carbonyl (C=O) groups excluding carboxylic acids is 1. The van der Waals surface area contributed by atoms with Gasteiger partial charge in [-0.05, 0) is 67.2 Å². The van der Waals surface area contributed by atoms with Gasteiger partial charge in [0.2, 0.25) is 0 Å². The SMILES string of the molecule is CC(=O)O[C@@H]1[C@H]2C=C[C@@]3(C2)[C@@H]2CCc4cc(O)ccc4[C@H]2CC[C@]13C. The molecule has 1 N–H and O–H groups in total. The van der Waals surface area contributed by atoms with Crippen LogP contribution in [0, 0.1) is 22.7 Å². The summed E-state index contributed by atoms with van der Waals surface area (Å²) in [4.78, 5) is 11.7. The lowest BCUT2D eigenvalue weighted by molar-refractivity contribution is -0.161. The number of aromatic hydroxyl groups is 1. The second kappa shape index (κ2) is 4.90. The molecule has 2 bridgehead atoms. The summed E-state index contributed by atoms with van der Waals surface area (Å²) in [6.07, 6.45) is 10.4. The first-order valence-electron chi connectivity index (χ1n) is 9.63. The third-order valence-corrected chi connectivity index (χ3v) is 7.96. The predicted octanol–water partition coefficient (Wildman–Crippen LogP) is 4.35. The Kier molecular flexibility index (Phi) is 3.03. The van der Waals surface area contributed by atoms with E-state index < -0.39 is 0 Å². The number of aryl methyl sites for hydroxylation is 1. The number of hydrogen-bond acceptors (Lipinski definition) is 3. The molecule has 0 amide bonds. The number of phenols is 1. The fourth-order valence-electron chi connectivity index (χ4n) is 6.99. The number of phenolic OH excluding ortho intramolecular Hbond substituents is 1. The topological polar surface area (TPSA) is 46.5 Å². The van der Waals surface area contributed by atoms with Gasteiger partial charge in [-0.25, -0.2) is 0 Å². The Morgan fingerprint density at radius 1 is 1.32 bits per heavy atom. The van der Waals surface area contributed by atoms with Crippen LogP contribution in [0.4, 0.5) is 0 Å². The lowest BCUT2D eigenvalue weighted by Crippen LogP contribution is -2.53. The van der Waals surface area contributed by atoms with Gasteiger partial charge in [0.25, 0.3) is 0 Å². The predicted molar refractivity (Wildman–Crippen MR) is 95.2 cm³/mol. The van der Waals surface area contributed by atoms with Crippen LogP contribution in [0.3, 0.4) is 0 Å². The molecule has 2 saturated carbocycles. The maximum absolute atomic E-state index is 11.7. The van der Waals surface area contributed by atoms with Crippen LogP contribution in [0.15, 0.2) is 30.4 Å². The highest BCUT2D eigenvalue weighted by atomic mass is 16.5. The molecule has 6 atom stereocenters. The van der Waals surface area contributed by atoms with Crippen LogP contribution in [-0.4, -0.2) is 17.2 Å². The molecule has 3 nitrogen and oxygen atoms in total. The molecule has 132 valence electrons. The minimum atomic E-state index is -0.145. The molecule has 5 rings (SSSR count). The van der Waals surface area contributed by atoms with E-state index in [1.165, 1.54) is 17.5 Å². The van der Waals surface area contributed by atoms with Crippen molar-refractivity contribution in [3.63, 3.8) is 0 Å². The summed E-state index contributed by atoms with van der Waals surface area (Å²) in [5, 5.41) is 9.84. The van der Waals surface area contributed by atoms with E-state index in [0.717, 1.165) is 25.7 Å². The molecule has 1 aromatic carbocycles. The number of benzene rings is 1. The molecule has 0 unspecified atom stereocenters. The van der Waals surface area contributed by atoms with Crippen molar-refractivity contribution in [3.8, 4) is 5.75 Å². The second-order valence-corrected chi connectivity index (χ2v) is 8.89. The Balaban J connectivity index is 1.57. The molecule has 0 aliphatic heterocycles. The number of ether oxygens (including phenoxy) is 1. The molecule has 4 aliphatic carbocycles. The van der Waals surface area contributed by atoms with Gasteiger partial charge < -0.3 is 9.84 Å². The van der Waals surface area contributed by atoms with Gasteiger partial charge in [-0.15, -0.1) is 0 Å². The molecule has 3 heteroatoms. The largest absolute Gasteiger partial charge is 0.508 e. The van der Waals surface area contributed by atoms with Gasteiger partial charge >= 0.3 is 5.97 Å². The first kappa shape index (κ1) is 15.5. The summed E-state index contributed by atoms with van der Waals surface area (Å²) in [5.74, 6) is 1.80. The normalized spacial score (nSPS) is 43.3. The monoisotopic (exact) mass is 338 g/mol. The van der Waals surface area contributed by atoms with E-state index in [4.69, 9.17) is 4.74 Å². The summed E-state index contributed by atoms with van der Waals surface area (Å²) in [6.45, 7) is 3.91. The van der Waals surface area contributed by atoms with Crippen LogP contribution in [-0.2, 0) is 16.0 Å². The number of rotatable bonds is 1. The first-order valence-corrected chi connectivity index (χ1v) is 9.63. The molecule has 25 heavy (non-hydrogen) atoms. The molecule has 4 aliphatic rings. The van der Waals surface area contributed by atoms with Gasteiger partial charge in [-0.1, -0.05) is 25.1 Å². The Labute approximate surface area is 149 Å². The molecule has 0 heterocycles. The summed E-state index contributed by atoms with van der Waals surface area (Å²) in [5.41, 5.74) is 3.00. The van der Waals surface area contributed by atoms with Crippen molar-refractivity contribution in [2.45, 2.75) is 58.0 Å². The average Bonchev–Trinajstić information content (AvgIpc) is 3.10. The van der Waals surface area contributed by atoms with Crippen molar-refractivity contribution < 1.29 is 14.6 Å². The van der Waals surface area contributed by atoms with Crippen molar-refractivity contribution in [2.75, 3.05) is 0 Å². The third kappa shape index (κ3) is 1.84. The van der Waals surface area contributed by atoms with Gasteiger partial charge in [0, 0.05) is 23.7 Å². The number of fused-ring (bicyclic) bond motifs is 4. The standard InChI is InChI=1S/C22H26O3/c1-13(23)25-20-15-7-10-22(12-15)19-6-3-14-11-16(24)4-5-17(14)18(19)8-9-21(20,22)2/h4-5,7,10-11,15,18-20,24H,3,6,8-9,12H2,1-2H3/t15-,18+,19+,20+,21+,22+/m0/s1. The van der Waals surface area contributed by atoms with E-state index in [1.807, 2.05) is 12.1 Å². The van der Waals surface area contributed by atoms with E-state index in [-0.39, 0.29) is 22.9 Å². The summed E-state index contributed by atoms with van der Waals surface area (Å²) >= 11 is 0. The molecule has 0 radical (unpaired) electrons. The van der Waals surface area contributed by atoms with Gasteiger partial charge in [0.15, 0.2) is 0 Å². The third-order valence-electron chi connectivity index (χ3n) is 7.96. The zero-order valence-electron chi connectivity index (χ0n) is 15.0. The fraction of sp³-hybridized carbons (Fsp3) is 0.591. The highest BCUT2D eigenvalue weighted by molar-refractivity contribution is 5.66. The first-order chi connectivity index (χ1) is 11.9. The van der Waals surface area contributed by atoms with Crippen LogP contribution in [0.5, 0.6) is 5.75 Å². The van der Waals surface area contributed by atoms with E-state index in [9.17, 15) is 9.90 Å². The van der Waals surface area contributed by atoms with E-state index in [0.29, 0.717) is 23.5 Å². The van der Waals surface area contributed by atoms with Gasteiger partial charge in [-0.2, -0.15) is 0 Å². The smallest absolute Gasteiger partial charge is 0.302 e. The van der Waals surface area contributed by atoms with Crippen LogP contribution in [0.2, 0.25) is 0 Å². The molecule has 1 spiro atoms. The lowest BCUT2D eigenvalue weighted by Gasteiger charge is -2.57. The summed E-state index contributed by atoms with van der Waals surface area (Å²) in [7, 11) is 0. The number of carbonyl (C=O) groups is 1. The highest BCUT2D eigenvalue weighted by Gasteiger charge is 2.69.